The number of anilines is 3. The van der Waals surface area contributed by atoms with Crippen molar-refractivity contribution in [2.75, 3.05) is 22.4 Å². The van der Waals surface area contributed by atoms with Gasteiger partial charge >= 0.3 is 0 Å². The molecule has 3 rings (SSSR count). The third-order valence-electron chi connectivity index (χ3n) is 4.12. The van der Waals surface area contributed by atoms with Gasteiger partial charge in [0.2, 0.25) is 10.0 Å². The smallest absolute Gasteiger partial charge is 0.233 e. The van der Waals surface area contributed by atoms with Crippen LogP contribution in [0.2, 0.25) is 0 Å². The van der Waals surface area contributed by atoms with Gasteiger partial charge in [0, 0.05) is 12.7 Å². The Morgan fingerprint density at radius 3 is 2.19 bits per heavy atom. The summed E-state index contributed by atoms with van der Waals surface area (Å²) in [6.07, 6.45) is 1.26. The summed E-state index contributed by atoms with van der Waals surface area (Å²) >= 11 is 0. The van der Waals surface area contributed by atoms with Crippen molar-refractivity contribution >= 4 is 27.3 Å². The van der Waals surface area contributed by atoms with Crippen molar-refractivity contribution in [3.8, 4) is 0 Å². The molecule has 0 unspecified atom stereocenters. The van der Waals surface area contributed by atoms with Crippen molar-refractivity contribution in [3.05, 3.63) is 78.4 Å². The molecule has 0 aliphatic heterocycles. The number of benzene rings is 2. The number of hydrogen-bond donors (Lipinski definition) is 1. The first-order valence-electron chi connectivity index (χ1n) is 8.70. The SMILES string of the molecule is CN(c1ccccc1)c1ccc(NS(=O)(=O)CCCc2ccccc2)nn1. The normalized spacial score (nSPS) is 11.1. The topological polar surface area (TPSA) is 75.2 Å². The van der Waals surface area contributed by atoms with E-state index in [1.165, 1.54) is 0 Å². The van der Waals surface area contributed by atoms with Crippen LogP contribution in [-0.4, -0.2) is 31.4 Å². The first kappa shape index (κ1) is 18.8. The fourth-order valence-corrected chi connectivity index (χ4v) is 3.72. The fraction of sp³-hybridized carbons (Fsp3) is 0.200. The van der Waals surface area contributed by atoms with E-state index in [9.17, 15) is 8.42 Å². The van der Waals surface area contributed by atoms with Gasteiger partial charge in [-0.25, -0.2) is 8.42 Å². The lowest BCUT2D eigenvalue weighted by Gasteiger charge is -2.17. The molecule has 6 nitrogen and oxygen atoms in total. The zero-order valence-electron chi connectivity index (χ0n) is 15.1. The maximum Gasteiger partial charge on any atom is 0.233 e. The summed E-state index contributed by atoms with van der Waals surface area (Å²) in [7, 11) is -1.57. The van der Waals surface area contributed by atoms with E-state index < -0.39 is 10.0 Å². The van der Waals surface area contributed by atoms with Crippen LogP contribution in [0, 0.1) is 0 Å². The first-order valence-corrected chi connectivity index (χ1v) is 10.4. The molecule has 0 amide bonds. The van der Waals surface area contributed by atoms with Crippen molar-refractivity contribution in [2.24, 2.45) is 0 Å². The van der Waals surface area contributed by atoms with Crippen LogP contribution in [0.15, 0.2) is 72.8 Å². The Morgan fingerprint density at radius 1 is 0.889 bits per heavy atom. The molecule has 0 aliphatic rings. The molecule has 0 saturated carbocycles. The number of sulfonamides is 1. The molecule has 0 radical (unpaired) electrons. The Kier molecular flexibility index (Phi) is 6.03. The van der Waals surface area contributed by atoms with Crippen LogP contribution >= 0.6 is 0 Å². The minimum absolute atomic E-state index is 0.0369. The summed E-state index contributed by atoms with van der Waals surface area (Å²) < 4.78 is 27.0. The summed E-state index contributed by atoms with van der Waals surface area (Å²) in [6, 6.07) is 22.9. The average molecular weight is 382 g/mol. The van der Waals surface area contributed by atoms with Crippen LogP contribution in [0.1, 0.15) is 12.0 Å². The number of nitrogens with zero attached hydrogens (tertiary/aromatic N) is 3. The third kappa shape index (κ3) is 5.52. The lowest BCUT2D eigenvalue weighted by molar-refractivity contribution is 0.598. The maximum absolute atomic E-state index is 12.2. The Balaban J connectivity index is 1.57. The predicted molar refractivity (Wildman–Crippen MR) is 109 cm³/mol. The molecule has 1 heterocycles. The van der Waals surface area contributed by atoms with Crippen LogP contribution in [0.3, 0.4) is 0 Å². The average Bonchev–Trinajstić information content (AvgIpc) is 2.69. The molecule has 0 spiro atoms. The van der Waals surface area contributed by atoms with Crippen molar-refractivity contribution in [1.29, 1.82) is 0 Å². The van der Waals surface area contributed by atoms with Gasteiger partial charge in [-0.3, -0.25) is 4.72 Å². The van der Waals surface area contributed by atoms with Crippen LogP contribution in [-0.2, 0) is 16.4 Å². The minimum atomic E-state index is -3.46. The number of rotatable bonds is 8. The standard InChI is InChI=1S/C20H22N4O2S/c1-24(18-12-6-3-7-13-18)20-15-14-19(21-22-20)23-27(25,26)16-8-11-17-9-4-2-5-10-17/h2-7,9-10,12-15H,8,11,16H2,1H3,(H,21,23). The second kappa shape index (κ2) is 8.64. The highest BCUT2D eigenvalue weighted by atomic mass is 32.2. The number of hydrogen-bond acceptors (Lipinski definition) is 5. The second-order valence-electron chi connectivity index (χ2n) is 6.18. The Labute approximate surface area is 159 Å². The largest absolute Gasteiger partial charge is 0.328 e. The van der Waals surface area contributed by atoms with Gasteiger partial charge in [-0.05, 0) is 42.7 Å². The molecule has 7 heteroatoms. The van der Waals surface area contributed by atoms with Gasteiger partial charge in [-0.2, -0.15) is 0 Å². The molecule has 27 heavy (non-hydrogen) atoms. The molecule has 140 valence electrons. The van der Waals surface area contributed by atoms with E-state index in [4.69, 9.17) is 0 Å². The molecular weight excluding hydrogens is 360 g/mol. The minimum Gasteiger partial charge on any atom is -0.328 e. The summed E-state index contributed by atoms with van der Waals surface area (Å²) in [5.41, 5.74) is 2.10. The van der Waals surface area contributed by atoms with Crippen LogP contribution in [0.4, 0.5) is 17.3 Å². The zero-order chi connectivity index (χ0) is 19.1. The Hall–Kier alpha value is -2.93. The van der Waals surface area contributed by atoms with Crippen molar-refractivity contribution in [3.63, 3.8) is 0 Å². The first-order chi connectivity index (χ1) is 13.0. The van der Waals surface area contributed by atoms with Gasteiger partial charge in [-0.15, -0.1) is 10.2 Å². The van der Waals surface area contributed by atoms with E-state index in [-0.39, 0.29) is 11.6 Å². The van der Waals surface area contributed by atoms with Crippen LogP contribution in [0.5, 0.6) is 0 Å². The van der Waals surface area contributed by atoms with Crippen LogP contribution in [0.25, 0.3) is 0 Å². The van der Waals surface area contributed by atoms with Gasteiger partial charge in [-0.1, -0.05) is 48.5 Å². The zero-order valence-corrected chi connectivity index (χ0v) is 15.9. The molecule has 2 aromatic carbocycles. The molecular formula is C20H22N4O2S. The van der Waals surface area contributed by atoms with E-state index in [1.54, 1.807) is 12.1 Å². The summed E-state index contributed by atoms with van der Waals surface area (Å²) in [5.74, 6) is 0.892. The molecule has 1 N–H and O–H groups in total. The number of nitrogens with one attached hydrogen (secondary N) is 1. The Morgan fingerprint density at radius 2 is 1.56 bits per heavy atom. The van der Waals surface area contributed by atoms with Gasteiger partial charge in [0.1, 0.15) is 0 Å². The maximum atomic E-state index is 12.2. The summed E-state index contributed by atoms with van der Waals surface area (Å²) in [5, 5.41) is 8.11. The van der Waals surface area contributed by atoms with Crippen molar-refractivity contribution in [1.82, 2.24) is 10.2 Å². The van der Waals surface area contributed by atoms with Crippen molar-refractivity contribution in [2.45, 2.75) is 12.8 Å². The molecule has 1 aromatic heterocycles. The van der Waals surface area contributed by atoms with E-state index in [2.05, 4.69) is 14.9 Å². The van der Waals surface area contributed by atoms with Gasteiger partial charge in [0.25, 0.3) is 0 Å². The van der Waals surface area contributed by atoms with E-state index in [0.717, 1.165) is 11.3 Å². The van der Waals surface area contributed by atoms with Crippen LogP contribution < -0.4 is 9.62 Å². The highest BCUT2D eigenvalue weighted by molar-refractivity contribution is 7.92. The lowest BCUT2D eigenvalue weighted by atomic mass is 10.1. The quantitative estimate of drug-likeness (QED) is 0.644. The lowest BCUT2D eigenvalue weighted by Crippen LogP contribution is -2.19. The van der Waals surface area contributed by atoms with Crippen molar-refractivity contribution < 1.29 is 8.42 Å². The van der Waals surface area contributed by atoms with Gasteiger partial charge < -0.3 is 4.90 Å². The highest BCUT2D eigenvalue weighted by Gasteiger charge is 2.12. The molecule has 3 aromatic rings. The fourth-order valence-electron chi connectivity index (χ4n) is 2.66. The van der Waals surface area contributed by atoms with E-state index in [0.29, 0.717) is 18.7 Å². The second-order valence-corrected chi connectivity index (χ2v) is 8.02. The molecule has 0 aliphatic carbocycles. The molecule has 0 atom stereocenters. The number of aromatic nitrogens is 2. The van der Waals surface area contributed by atoms with E-state index >= 15 is 0 Å². The Bertz CT molecular complexity index is 946. The predicted octanol–water partition coefficient (Wildman–Crippen LogP) is 3.62. The third-order valence-corrected chi connectivity index (χ3v) is 5.47. The molecule has 0 fully saturated rings. The molecule has 0 saturated heterocycles. The summed E-state index contributed by atoms with van der Waals surface area (Å²) in [4.78, 5) is 1.88. The molecule has 0 bridgehead atoms. The number of aryl methyl sites for hydroxylation is 1. The van der Waals surface area contributed by atoms with Gasteiger partial charge in [0.05, 0.1) is 5.75 Å². The van der Waals surface area contributed by atoms with E-state index in [1.807, 2.05) is 72.6 Å². The number of para-hydroxylation sites is 1. The summed E-state index contributed by atoms with van der Waals surface area (Å²) in [6.45, 7) is 0. The highest BCUT2D eigenvalue weighted by Crippen LogP contribution is 2.21. The monoisotopic (exact) mass is 382 g/mol. The van der Waals surface area contributed by atoms with Gasteiger partial charge in [0.15, 0.2) is 11.6 Å².